The fourth-order valence-corrected chi connectivity index (χ4v) is 1.80. The van der Waals surface area contributed by atoms with Crippen LogP contribution in [0.25, 0.3) is 11.6 Å². The second-order valence-electron chi connectivity index (χ2n) is 4.38. The molecule has 0 aromatic carbocycles. The Morgan fingerprint density at radius 1 is 1.43 bits per heavy atom. The number of aromatic amines is 1. The zero-order chi connectivity index (χ0) is 10.2. The number of nitrogens with one attached hydrogen (secondary N) is 1. The van der Waals surface area contributed by atoms with Gasteiger partial charge in [0.25, 0.3) is 0 Å². The van der Waals surface area contributed by atoms with E-state index < -0.39 is 0 Å². The first-order valence-corrected chi connectivity index (χ1v) is 5.07. The third kappa shape index (κ3) is 1.52. The van der Waals surface area contributed by atoms with Gasteiger partial charge in [-0.25, -0.2) is 0 Å². The fraction of sp³-hybridized carbons (Fsp3) is 0.417. The highest BCUT2D eigenvalue weighted by molar-refractivity contribution is 5.59. The fourth-order valence-electron chi connectivity index (χ4n) is 1.80. The van der Waals surface area contributed by atoms with Crippen molar-refractivity contribution in [2.24, 2.45) is 5.41 Å². The van der Waals surface area contributed by atoms with Gasteiger partial charge in [-0.2, -0.15) is 5.10 Å². The van der Waals surface area contributed by atoms with Crippen LogP contribution in [0.2, 0.25) is 0 Å². The molecule has 1 aromatic rings. The van der Waals surface area contributed by atoms with E-state index in [2.05, 4.69) is 49.2 Å². The molecule has 2 nitrogen and oxygen atoms in total. The van der Waals surface area contributed by atoms with E-state index in [4.69, 9.17) is 0 Å². The Bertz CT molecular complexity index is 475. The third-order valence-electron chi connectivity index (χ3n) is 2.61. The van der Waals surface area contributed by atoms with E-state index in [9.17, 15) is 0 Å². The minimum absolute atomic E-state index is 0.121. The van der Waals surface area contributed by atoms with Gasteiger partial charge in [-0.15, -0.1) is 0 Å². The Kier molecular flexibility index (Phi) is 2.06. The van der Waals surface area contributed by atoms with Gasteiger partial charge < -0.3 is 0 Å². The van der Waals surface area contributed by atoms with Crippen LogP contribution in [0.4, 0.5) is 0 Å². The molecule has 0 saturated carbocycles. The monoisotopic (exact) mass is 188 g/mol. The van der Waals surface area contributed by atoms with Gasteiger partial charge in [0.1, 0.15) is 0 Å². The summed E-state index contributed by atoms with van der Waals surface area (Å²) < 4.78 is 0. The predicted molar refractivity (Wildman–Crippen MR) is 58.9 cm³/mol. The van der Waals surface area contributed by atoms with Crippen molar-refractivity contribution in [2.45, 2.75) is 27.2 Å². The second kappa shape index (κ2) is 3.12. The van der Waals surface area contributed by atoms with Crippen molar-refractivity contribution >= 4 is 11.6 Å². The van der Waals surface area contributed by atoms with Gasteiger partial charge in [0.2, 0.25) is 0 Å². The summed E-state index contributed by atoms with van der Waals surface area (Å²) in [6, 6.07) is 0. The first kappa shape index (κ1) is 9.25. The molecule has 1 aliphatic rings. The highest BCUT2D eigenvalue weighted by Crippen LogP contribution is 2.21. The maximum Gasteiger partial charge on any atom is 0.0679 e. The summed E-state index contributed by atoms with van der Waals surface area (Å²) in [5.74, 6) is 0. The van der Waals surface area contributed by atoms with Crippen molar-refractivity contribution in [1.29, 1.82) is 0 Å². The lowest BCUT2D eigenvalue weighted by atomic mass is 9.92. The first-order chi connectivity index (χ1) is 6.62. The molecule has 0 bridgehead atoms. The van der Waals surface area contributed by atoms with Crippen LogP contribution in [0, 0.1) is 5.41 Å². The number of hydrogen-bond acceptors (Lipinski definition) is 1. The molecule has 2 rings (SSSR count). The van der Waals surface area contributed by atoms with E-state index in [0.29, 0.717) is 0 Å². The van der Waals surface area contributed by atoms with Gasteiger partial charge in [0.15, 0.2) is 0 Å². The summed E-state index contributed by atoms with van der Waals surface area (Å²) >= 11 is 0. The SMILES string of the molecule is CCC1=c2[nH]ncc2=CC(C)(C)C=C1. The lowest BCUT2D eigenvalue weighted by molar-refractivity contribution is 0.670. The molecule has 0 amide bonds. The van der Waals surface area contributed by atoms with Crippen molar-refractivity contribution in [3.05, 3.63) is 28.9 Å². The van der Waals surface area contributed by atoms with E-state index in [-0.39, 0.29) is 5.41 Å². The van der Waals surface area contributed by atoms with Gasteiger partial charge in [0, 0.05) is 10.6 Å². The van der Waals surface area contributed by atoms with Crippen LogP contribution in [0.3, 0.4) is 0 Å². The van der Waals surface area contributed by atoms with E-state index in [1.807, 2.05) is 6.20 Å². The molecular formula is C12H16N2. The molecule has 0 atom stereocenters. The number of aromatic nitrogens is 2. The molecule has 0 aliphatic heterocycles. The molecule has 0 saturated heterocycles. The van der Waals surface area contributed by atoms with E-state index in [1.165, 1.54) is 16.1 Å². The van der Waals surface area contributed by atoms with E-state index >= 15 is 0 Å². The van der Waals surface area contributed by atoms with Crippen LogP contribution in [0.1, 0.15) is 27.2 Å². The smallest absolute Gasteiger partial charge is 0.0679 e. The maximum absolute atomic E-state index is 4.10. The van der Waals surface area contributed by atoms with Gasteiger partial charge in [0.05, 0.1) is 11.5 Å². The number of hydrogen-bond donors (Lipinski definition) is 1. The Labute approximate surface area is 84.0 Å². The van der Waals surface area contributed by atoms with Crippen LogP contribution in [0.15, 0.2) is 18.3 Å². The number of rotatable bonds is 1. The summed E-state index contributed by atoms with van der Waals surface area (Å²) in [5.41, 5.74) is 1.45. The Morgan fingerprint density at radius 2 is 2.21 bits per heavy atom. The number of fused-ring (bicyclic) bond motifs is 1. The summed E-state index contributed by atoms with van der Waals surface area (Å²) in [6.07, 6.45) is 9.65. The highest BCUT2D eigenvalue weighted by atomic mass is 15.1. The summed E-state index contributed by atoms with van der Waals surface area (Å²) in [5, 5.41) is 9.56. The summed E-state index contributed by atoms with van der Waals surface area (Å²) in [4.78, 5) is 0. The van der Waals surface area contributed by atoms with Gasteiger partial charge in [-0.05, 0) is 12.0 Å². The van der Waals surface area contributed by atoms with Gasteiger partial charge in [-0.1, -0.05) is 39.0 Å². The average molecular weight is 188 g/mol. The number of nitrogens with zero attached hydrogens (tertiary/aromatic N) is 1. The van der Waals surface area contributed by atoms with Crippen molar-refractivity contribution in [2.75, 3.05) is 0 Å². The quantitative estimate of drug-likeness (QED) is 0.708. The van der Waals surface area contributed by atoms with Crippen LogP contribution in [-0.2, 0) is 0 Å². The van der Waals surface area contributed by atoms with Crippen molar-refractivity contribution in [3.63, 3.8) is 0 Å². The van der Waals surface area contributed by atoms with Crippen molar-refractivity contribution < 1.29 is 0 Å². The molecule has 2 heteroatoms. The number of H-pyrrole nitrogens is 1. The third-order valence-corrected chi connectivity index (χ3v) is 2.61. The molecule has 0 fully saturated rings. The summed E-state index contributed by atoms with van der Waals surface area (Å²) in [6.45, 7) is 6.58. The van der Waals surface area contributed by atoms with E-state index in [1.54, 1.807) is 0 Å². The molecular weight excluding hydrogens is 172 g/mol. The number of allylic oxidation sites excluding steroid dienone is 2. The molecule has 14 heavy (non-hydrogen) atoms. The Morgan fingerprint density at radius 3 is 2.93 bits per heavy atom. The molecule has 1 aliphatic carbocycles. The van der Waals surface area contributed by atoms with Crippen LogP contribution in [0.5, 0.6) is 0 Å². The molecule has 0 unspecified atom stereocenters. The van der Waals surface area contributed by atoms with Crippen molar-refractivity contribution in [1.82, 2.24) is 10.2 Å². The maximum atomic E-state index is 4.10. The van der Waals surface area contributed by atoms with Crippen LogP contribution < -0.4 is 10.6 Å². The minimum atomic E-state index is 0.121. The lowest BCUT2D eigenvalue weighted by Gasteiger charge is -2.12. The zero-order valence-corrected chi connectivity index (χ0v) is 8.96. The topological polar surface area (TPSA) is 28.7 Å². The minimum Gasteiger partial charge on any atom is -0.278 e. The van der Waals surface area contributed by atoms with E-state index in [0.717, 1.165) is 6.42 Å². The molecule has 0 radical (unpaired) electrons. The zero-order valence-electron chi connectivity index (χ0n) is 8.96. The Balaban J connectivity index is 2.78. The molecule has 1 aromatic heterocycles. The summed E-state index contributed by atoms with van der Waals surface area (Å²) in [7, 11) is 0. The standard InChI is InChI=1S/C12H16N2/c1-4-9-5-6-12(2,3)7-10-8-13-14-11(9)10/h5-8,14H,4H2,1-3H3. The predicted octanol–water partition coefficient (Wildman–Crippen LogP) is 1.35. The lowest BCUT2D eigenvalue weighted by Crippen LogP contribution is -2.25. The normalized spacial score (nSPS) is 18.6. The Hall–Kier alpha value is -1.31. The highest BCUT2D eigenvalue weighted by Gasteiger charge is 2.12. The molecule has 74 valence electrons. The average Bonchev–Trinajstić information content (AvgIpc) is 2.49. The van der Waals surface area contributed by atoms with Gasteiger partial charge in [-0.3, -0.25) is 5.10 Å². The van der Waals surface area contributed by atoms with Crippen LogP contribution >= 0.6 is 0 Å². The first-order valence-electron chi connectivity index (χ1n) is 5.07. The molecule has 1 N–H and O–H groups in total. The van der Waals surface area contributed by atoms with Crippen LogP contribution in [-0.4, -0.2) is 10.2 Å². The van der Waals surface area contributed by atoms with Crippen molar-refractivity contribution in [3.8, 4) is 0 Å². The second-order valence-corrected chi connectivity index (χ2v) is 4.38. The largest absolute Gasteiger partial charge is 0.278 e. The molecule has 0 spiro atoms. The van der Waals surface area contributed by atoms with Gasteiger partial charge >= 0.3 is 0 Å². The molecule has 1 heterocycles.